The van der Waals surface area contributed by atoms with Crippen LogP contribution in [0.15, 0.2) is 30.5 Å². The van der Waals surface area contributed by atoms with Crippen LogP contribution in [-0.4, -0.2) is 53.3 Å². The first-order valence-corrected chi connectivity index (χ1v) is 9.56. The molecule has 8 nitrogen and oxygen atoms in total. The lowest BCUT2D eigenvalue weighted by atomic mass is 10.1. The third kappa shape index (κ3) is 5.21. The summed E-state index contributed by atoms with van der Waals surface area (Å²) in [5.74, 6) is 0.438. The fraction of sp³-hybridized carbons (Fsp3) is 0.526. The molecule has 0 aliphatic carbocycles. The van der Waals surface area contributed by atoms with Gasteiger partial charge in [-0.15, -0.1) is 17.5 Å². The van der Waals surface area contributed by atoms with Crippen LogP contribution in [0.25, 0.3) is 0 Å². The number of hydrogen-bond donors (Lipinski definition) is 2. The monoisotopic (exact) mass is 407 g/mol. The molecule has 0 spiro atoms. The van der Waals surface area contributed by atoms with Gasteiger partial charge in [0.1, 0.15) is 12.4 Å². The van der Waals surface area contributed by atoms with E-state index < -0.39 is 0 Å². The summed E-state index contributed by atoms with van der Waals surface area (Å²) >= 11 is 0. The van der Waals surface area contributed by atoms with Crippen LogP contribution in [0.5, 0.6) is 5.75 Å². The standard InChI is InChI=1S/C19H25N5O3.ClH/c25-19(18-12-24(23-22-18)15-6-8-20-9-7-15)21-14-3-1-4-16(11-14)27-13-17-5-2-10-26-17;/h1,3-4,11-12,15,17,20H,2,5-10,13H2,(H,21,25);1H. The molecule has 2 aliphatic rings. The van der Waals surface area contributed by atoms with E-state index in [1.54, 1.807) is 10.9 Å². The largest absolute Gasteiger partial charge is 0.491 e. The van der Waals surface area contributed by atoms with Crippen LogP contribution >= 0.6 is 12.4 Å². The van der Waals surface area contributed by atoms with Gasteiger partial charge in [-0.3, -0.25) is 4.79 Å². The van der Waals surface area contributed by atoms with Crippen molar-refractivity contribution in [2.75, 3.05) is 31.6 Å². The van der Waals surface area contributed by atoms with E-state index in [0.717, 1.165) is 45.4 Å². The number of amides is 1. The maximum atomic E-state index is 12.5. The molecule has 152 valence electrons. The summed E-state index contributed by atoms with van der Waals surface area (Å²) in [6, 6.07) is 7.66. The summed E-state index contributed by atoms with van der Waals surface area (Å²) in [5, 5.41) is 14.3. The highest BCUT2D eigenvalue weighted by Crippen LogP contribution is 2.21. The lowest BCUT2D eigenvalue weighted by Crippen LogP contribution is -2.29. The van der Waals surface area contributed by atoms with Crippen LogP contribution in [-0.2, 0) is 4.74 Å². The summed E-state index contributed by atoms with van der Waals surface area (Å²) in [6.45, 7) is 3.26. The summed E-state index contributed by atoms with van der Waals surface area (Å²) in [6.07, 6.45) is 5.99. The summed E-state index contributed by atoms with van der Waals surface area (Å²) < 4.78 is 13.2. The van der Waals surface area contributed by atoms with Gasteiger partial charge in [0.25, 0.3) is 5.91 Å². The molecule has 28 heavy (non-hydrogen) atoms. The average molecular weight is 408 g/mol. The highest BCUT2D eigenvalue weighted by atomic mass is 35.5. The summed E-state index contributed by atoms with van der Waals surface area (Å²) in [4.78, 5) is 12.5. The number of nitrogens with one attached hydrogen (secondary N) is 2. The third-order valence-electron chi connectivity index (χ3n) is 4.98. The first-order chi connectivity index (χ1) is 13.3. The number of carbonyl (C=O) groups excluding carboxylic acids is 1. The average Bonchev–Trinajstić information content (AvgIpc) is 3.39. The van der Waals surface area contributed by atoms with Crippen molar-refractivity contribution in [2.45, 2.75) is 37.8 Å². The maximum absolute atomic E-state index is 12.5. The Morgan fingerprint density at radius 1 is 1.32 bits per heavy atom. The van der Waals surface area contributed by atoms with Crippen molar-refractivity contribution in [3.05, 3.63) is 36.2 Å². The molecule has 1 amide bonds. The van der Waals surface area contributed by atoms with Crippen LogP contribution in [0.3, 0.4) is 0 Å². The minimum absolute atomic E-state index is 0. The van der Waals surface area contributed by atoms with Crippen LogP contribution < -0.4 is 15.4 Å². The van der Waals surface area contributed by atoms with Gasteiger partial charge >= 0.3 is 0 Å². The van der Waals surface area contributed by atoms with E-state index in [-0.39, 0.29) is 24.4 Å². The number of ether oxygens (including phenoxy) is 2. The van der Waals surface area contributed by atoms with Crippen molar-refractivity contribution in [2.24, 2.45) is 0 Å². The van der Waals surface area contributed by atoms with Crippen molar-refractivity contribution in [3.8, 4) is 5.75 Å². The number of benzene rings is 1. The molecule has 3 heterocycles. The van der Waals surface area contributed by atoms with Crippen LogP contribution in [0.2, 0.25) is 0 Å². The Labute approximate surface area is 170 Å². The molecule has 1 aromatic heterocycles. The maximum Gasteiger partial charge on any atom is 0.277 e. The fourth-order valence-electron chi connectivity index (χ4n) is 3.45. The molecule has 1 atom stereocenters. The topological polar surface area (TPSA) is 90.3 Å². The Morgan fingerprint density at radius 3 is 2.96 bits per heavy atom. The predicted molar refractivity (Wildman–Crippen MR) is 107 cm³/mol. The number of piperidine rings is 1. The number of halogens is 1. The van der Waals surface area contributed by atoms with E-state index in [2.05, 4.69) is 20.9 Å². The van der Waals surface area contributed by atoms with E-state index in [1.165, 1.54) is 0 Å². The first kappa shape index (κ1) is 20.6. The molecule has 2 aliphatic heterocycles. The second-order valence-electron chi connectivity index (χ2n) is 6.99. The molecule has 2 N–H and O–H groups in total. The fourth-order valence-corrected chi connectivity index (χ4v) is 3.45. The van der Waals surface area contributed by atoms with E-state index in [1.807, 2.05) is 24.3 Å². The lowest BCUT2D eigenvalue weighted by molar-refractivity contribution is 0.0680. The number of aromatic nitrogens is 3. The SMILES string of the molecule is Cl.O=C(Nc1cccc(OCC2CCCO2)c1)c1cn(C2CCNCC2)nn1. The van der Waals surface area contributed by atoms with Gasteiger partial charge in [0.05, 0.1) is 18.3 Å². The predicted octanol–water partition coefficient (Wildman–Crippen LogP) is 2.43. The van der Waals surface area contributed by atoms with Crippen molar-refractivity contribution in [1.29, 1.82) is 0 Å². The van der Waals surface area contributed by atoms with Crippen molar-refractivity contribution in [1.82, 2.24) is 20.3 Å². The van der Waals surface area contributed by atoms with Gasteiger partial charge in [-0.1, -0.05) is 11.3 Å². The number of rotatable bonds is 6. The smallest absolute Gasteiger partial charge is 0.277 e. The molecule has 1 aromatic carbocycles. The quantitative estimate of drug-likeness (QED) is 0.764. The van der Waals surface area contributed by atoms with Crippen molar-refractivity contribution >= 4 is 24.0 Å². The van der Waals surface area contributed by atoms with E-state index in [4.69, 9.17) is 9.47 Å². The summed E-state index contributed by atoms with van der Waals surface area (Å²) in [5.41, 5.74) is 0.987. The van der Waals surface area contributed by atoms with E-state index >= 15 is 0 Å². The second kappa shape index (κ2) is 9.86. The zero-order valence-electron chi connectivity index (χ0n) is 15.7. The number of anilines is 1. The minimum atomic E-state index is -0.272. The molecule has 9 heteroatoms. The van der Waals surface area contributed by atoms with Gasteiger partial charge in [-0.25, -0.2) is 4.68 Å². The minimum Gasteiger partial charge on any atom is -0.491 e. The van der Waals surface area contributed by atoms with Gasteiger partial charge in [0, 0.05) is 18.4 Å². The Kier molecular flexibility index (Phi) is 7.24. The normalized spacial score (nSPS) is 19.8. The highest BCUT2D eigenvalue weighted by molar-refractivity contribution is 6.02. The molecule has 4 rings (SSSR count). The third-order valence-corrected chi connectivity index (χ3v) is 4.98. The molecule has 0 radical (unpaired) electrons. The van der Waals surface area contributed by atoms with E-state index in [9.17, 15) is 4.79 Å². The highest BCUT2D eigenvalue weighted by Gasteiger charge is 2.19. The van der Waals surface area contributed by atoms with E-state index in [0.29, 0.717) is 29.8 Å². The van der Waals surface area contributed by atoms with Crippen LogP contribution in [0.4, 0.5) is 5.69 Å². The molecular formula is C19H26ClN5O3. The zero-order chi connectivity index (χ0) is 18.5. The van der Waals surface area contributed by atoms with Gasteiger partial charge in [-0.2, -0.15) is 0 Å². The Morgan fingerprint density at radius 2 is 2.18 bits per heavy atom. The van der Waals surface area contributed by atoms with Gasteiger partial charge in [0.2, 0.25) is 0 Å². The molecule has 2 aromatic rings. The van der Waals surface area contributed by atoms with Crippen LogP contribution in [0, 0.1) is 0 Å². The molecule has 2 fully saturated rings. The van der Waals surface area contributed by atoms with Crippen molar-refractivity contribution < 1.29 is 14.3 Å². The van der Waals surface area contributed by atoms with Crippen LogP contribution in [0.1, 0.15) is 42.2 Å². The number of nitrogens with zero attached hydrogens (tertiary/aromatic N) is 3. The molecular weight excluding hydrogens is 382 g/mol. The Hall–Kier alpha value is -2.16. The summed E-state index contributed by atoms with van der Waals surface area (Å²) in [7, 11) is 0. The zero-order valence-corrected chi connectivity index (χ0v) is 16.5. The number of carbonyl (C=O) groups is 1. The van der Waals surface area contributed by atoms with Gasteiger partial charge < -0.3 is 20.1 Å². The molecule has 0 bridgehead atoms. The molecule has 2 saturated heterocycles. The number of hydrogen-bond acceptors (Lipinski definition) is 6. The molecule has 0 saturated carbocycles. The Balaban J connectivity index is 0.00000225. The molecule has 1 unspecified atom stereocenters. The Bertz CT molecular complexity index is 772. The van der Waals surface area contributed by atoms with Gasteiger partial charge in [0.15, 0.2) is 5.69 Å². The second-order valence-corrected chi connectivity index (χ2v) is 6.99. The van der Waals surface area contributed by atoms with Gasteiger partial charge in [-0.05, 0) is 50.9 Å². The first-order valence-electron chi connectivity index (χ1n) is 9.56. The lowest BCUT2D eigenvalue weighted by Gasteiger charge is -2.22. The van der Waals surface area contributed by atoms with Crippen molar-refractivity contribution in [3.63, 3.8) is 0 Å².